The van der Waals surface area contributed by atoms with Crippen LogP contribution in [0, 0.1) is 17.1 Å². The topological polar surface area (TPSA) is 60.7 Å². The van der Waals surface area contributed by atoms with Crippen LogP contribution in [0.3, 0.4) is 0 Å². The number of nitriles is 1. The van der Waals surface area contributed by atoms with Crippen LogP contribution in [0.5, 0.6) is 5.75 Å². The average molecular weight is 354 g/mol. The van der Waals surface area contributed by atoms with Crippen molar-refractivity contribution in [2.75, 3.05) is 20.7 Å². The van der Waals surface area contributed by atoms with E-state index in [4.69, 9.17) is 10.00 Å². The Morgan fingerprint density at radius 1 is 1.23 bits per heavy atom. The third kappa shape index (κ3) is 5.21. The van der Waals surface area contributed by atoms with Gasteiger partial charge in [0.15, 0.2) is 17.5 Å². The number of aliphatic imine (C=N–C) groups is 1. The van der Waals surface area contributed by atoms with Gasteiger partial charge >= 0.3 is 0 Å². The number of guanidine groups is 1. The molecule has 0 spiro atoms. The minimum absolute atomic E-state index is 0.234. The molecule has 136 valence electrons. The van der Waals surface area contributed by atoms with Crippen molar-refractivity contribution in [3.63, 3.8) is 0 Å². The molecule has 0 heterocycles. The second kappa shape index (κ2) is 9.42. The summed E-state index contributed by atoms with van der Waals surface area (Å²) in [7, 11) is 3.35. The molecule has 0 aromatic heterocycles. The quantitative estimate of drug-likeness (QED) is 0.639. The molecule has 5 nitrogen and oxygen atoms in total. The zero-order valence-corrected chi connectivity index (χ0v) is 15.3. The Morgan fingerprint density at radius 2 is 1.92 bits per heavy atom. The third-order valence-corrected chi connectivity index (χ3v) is 3.83. The Morgan fingerprint density at radius 3 is 2.50 bits per heavy atom. The molecule has 0 amide bonds. The van der Waals surface area contributed by atoms with Crippen molar-refractivity contribution < 1.29 is 9.13 Å². The van der Waals surface area contributed by atoms with Crippen LogP contribution in [0.25, 0.3) is 0 Å². The monoisotopic (exact) mass is 354 g/mol. The van der Waals surface area contributed by atoms with E-state index in [2.05, 4.69) is 16.4 Å². The predicted molar refractivity (Wildman–Crippen MR) is 100 cm³/mol. The number of halogens is 1. The van der Waals surface area contributed by atoms with Crippen molar-refractivity contribution in [3.8, 4) is 11.8 Å². The fraction of sp³-hybridized carbons (Fsp3) is 0.300. The highest BCUT2D eigenvalue weighted by Crippen LogP contribution is 2.18. The fourth-order valence-corrected chi connectivity index (χ4v) is 2.48. The summed E-state index contributed by atoms with van der Waals surface area (Å²) >= 11 is 0. The van der Waals surface area contributed by atoms with Gasteiger partial charge in [0, 0.05) is 20.1 Å². The van der Waals surface area contributed by atoms with Gasteiger partial charge in [-0.25, -0.2) is 9.38 Å². The zero-order chi connectivity index (χ0) is 18.9. The fourth-order valence-electron chi connectivity index (χ4n) is 2.48. The van der Waals surface area contributed by atoms with Crippen LogP contribution in [0.4, 0.5) is 4.39 Å². The van der Waals surface area contributed by atoms with E-state index in [9.17, 15) is 4.39 Å². The summed E-state index contributed by atoms with van der Waals surface area (Å²) < 4.78 is 18.8. The minimum atomic E-state index is -0.377. The Hall–Kier alpha value is -3.07. The first-order valence-corrected chi connectivity index (χ1v) is 8.38. The molecule has 0 radical (unpaired) electrons. The normalized spacial score (nSPS) is 11.0. The Bertz CT molecular complexity index is 796. The van der Waals surface area contributed by atoms with Gasteiger partial charge in [0.05, 0.1) is 25.3 Å². The van der Waals surface area contributed by atoms with Crippen LogP contribution in [0.2, 0.25) is 0 Å². The maximum atomic E-state index is 13.9. The van der Waals surface area contributed by atoms with Crippen molar-refractivity contribution in [1.29, 1.82) is 5.26 Å². The van der Waals surface area contributed by atoms with E-state index in [1.165, 1.54) is 13.2 Å². The molecule has 2 aromatic carbocycles. The SMILES string of the molecule is CCNC(=NCc1ccc(C#N)cc1)N(C)Cc1ccc(OC)c(F)c1. The molecule has 0 aliphatic rings. The molecule has 6 heteroatoms. The van der Waals surface area contributed by atoms with Crippen LogP contribution in [0.15, 0.2) is 47.5 Å². The van der Waals surface area contributed by atoms with Gasteiger partial charge in [0.2, 0.25) is 0 Å². The van der Waals surface area contributed by atoms with Crippen LogP contribution < -0.4 is 10.1 Å². The molecule has 2 rings (SSSR count). The summed E-state index contributed by atoms with van der Waals surface area (Å²) in [4.78, 5) is 6.56. The van der Waals surface area contributed by atoms with Gasteiger partial charge in [0.25, 0.3) is 0 Å². The van der Waals surface area contributed by atoms with Gasteiger partial charge in [-0.1, -0.05) is 18.2 Å². The number of ether oxygens (including phenoxy) is 1. The van der Waals surface area contributed by atoms with E-state index in [-0.39, 0.29) is 11.6 Å². The standard InChI is InChI=1S/C20H23FN4O/c1-4-23-20(24-13-16-7-5-15(12-22)6-8-16)25(2)14-17-9-10-19(26-3)18(21)11-17/h5-11H,4,13-14H2,1-3H3,(H,23,24). The van der Waals surface area contributed by atoms with Gasteiger partial charge in [-0.05, 0) is 42.3 Å². The highest BCUT2D eigenvalue weighted by molar-refractivity contribution is 5.79. The first-order valence-electron chi connectivity index (χ1n) is 8.38. The van der Waals surface area contributed by atoms with Crippen molar-refractivity contribution in [3.05, 3.63) is 65.0 Å². The van der Waals surface area contributed by atoms with Crippen molar-refractivity contribution in [1.82, 2.24) is 10.2 Å². The lowest BCUT2D eigenvalue weighted by atomic mass is 10.1. The molecule has 26 heavy (non-hydrogen) atoms. The van der Waals surface area contributed by atoms with Crippen LogP contribution in [-0.4, -0.2) is 31.6 Å². The first kappa shape index (κ1) is 19.3. The van der Waals surface area contributed by atoms with Crippen LogP contribution in [0.1, 0.15) is 23.6 Å². The predicted octanol–water partition coefficient (Wildman–Crippen LogP) is 3.30. The number of methoxy groups -OCH3 is 1. The van der Waals surface area contributed by atoms with Gasteiger partial charge in [0.1, 0.15) is 0 Å². The molecule has 0 saturated heterocycles. The first-order chi connectivity index (χ1) is 12.6. The van der Waals surface area contributed by atoms with Crippen LogP contribution >= 0.6 is 0 Å². The number of rotatable bonds is 6. The summed E-state index contributed by atoms with van der Waals surface area (Å²) in [6.45, 7) is 3.74. The number of nitrogens with zero attached hydrogens (tertiary/aromatic N) is 3. The largest absolute Gasteiger partial charge is 0.494 e. The molecule has 0 aliphatic carbocycles. The van der Waals surface area contributed by atoms with E-state index in [0.29, 0.717) is 18.7 Å². The average Bonchev–Trinajstić information content (AvgIpc) is 2.65. The van der Waals surface area contributed by atoms with Gasteiger partial charge in [-0.2, -0.15) is 5.26 Å². The van der Waals surface area contributed by atoms with Crippen LogP contribution in [-0.2, 0) is 13.1 Å². The second-order valence-electron chi connectivity index (χ2n) is 5.80. The van der Waals surface area contributed by atoms with Crippen molar-refractivity contribution >= 4 is 5.96 Å². The molecule has 2 aromatic rings. The molecule has 0 unspecified atom stereocenters. The molecule has 1 N–H and O–H groups in total. The zero-order valence-electron chi connectivity index (χ0n) is 15.3. The summed E-state index contributed by atoms with van der Waals surface area (Å²) in [5.41, 5.74) is 2.47. The summed E-state index contributed by atoms with van der Waals surface area (Å²) in [5.74, 6) is 0.587. The maximum absolute atomic E-state index is 13.9. The Balaban J connectivity index is 2.09. The molecule has 0 atom stereocenters. The maximum Gasteiger partial charge on any atom is 0.194 e. The smallest absolute Gasteiger partial charge is 0.194 e. The summed E-state index contributed by atoms with van der Waals surface area (Å²) in [6, 6.07) is 14.4. The van der Waals surface area contributed by atoms with E-state index in [1.807, 2.05) is 37.1 Å². The highest BCUT2D eigenvalue weighted by Gasteiger charge is 2.09. The van der Waals surface area contributed by atoms with E-state index in [0.717, 1.165) is 23.6 Å². The molecular formula is C20H23FN4O. The number of nitrogens with one attached hydrogen (secondary N) is 1. The Kier molecular flexibility index (Phi) is 6.98. The molecule has 0 aliphatic heterocycles. The lowest BCUT2D eigenvalue weighted by Crippen LogP contribution is -2.38. The summed E-state index contributed by atoms with van der Waals surface area (Å²) in [5, 5.41) is 12.1. The van der Waals surface area contributed by atoms with Gasteiger partial charge in [-0.3, -0.25) is 0 Å². The lowest BCUT2D eigenvalue weighted by Gasteiger charge is -2.22. The molecule has 0 fully saturated rings. The van der Waals surface area contributed by atoms with Gasteiger partial charge < -0.3 is 15.0 Å². The lowest BCUT2D eigenvalue weighted by molar-refractivity contribution is 0.385. The van der Waals surface area contributed by atoms with E-state index in [1.54, 1.807) is 18.2 Å². The number of benzene rings is 2. The van der Waals surface area contributed by atoms with Gasteiger partial charge in [-0.15, -0.1) is 0 Å². The second-order valence-corrected chi connectivity index (χ2v) is 5.80. The molecular weight excluding hydrogens is 331 g/mol. The van der Waals surface area contributed by atoms with Crippen molar-refractivity contribution in [2.45, 2.75) is 20.0 Å². The summed E-state index contributed by atoms with van der Waals surface area (Å²) in [6.07, 6.45) is 0. The third-order valence-electron chi connectivity index (χ3n) is 3.83. The Labute approximate surface area is 153 Å². The van der Waals surface area contributed by atoms with E-state index >= 15 is 0 Å². The molecule has 0 bridgehead atoms. The van der Waals surface area contributed by atoms with Crippen molar-refractivity contribution in [2.24, 2.45) is 4.99 Å². The minimum Gasteiger partial charge on any atom is -0.494 e. The number of hydrogen-bond donors (Lipinski definition) is 1. The highest BCUT2D eigenvalue weighted by atomic mass is 19.1. The number of hydrogen-bond acceptors (Lipinski definition) is 3. The molecule has 0 saturated carbocycles. The van der Waals surface area contributed by atoms with E-state index < -0.39 is 0 Å².